The van der Waals surface area contributed by atoms with E-state index >= 15 is 0 Å². The Kier molecular flexibility index (Phi) is 9.46. The Labute approximate surface area is 154 Å². The zero-order valence-electron chi connectivity index (χ0n) is 15.6. The van der Waals surface area contributed by atoms with Crippen molar-refractivity contribution in [1.82, 2.24) is 10.6 Å². The average Bonchev–Trinajstić information content (AvgIpc) is 2.58. The van der Waals surface area contributed by atoms with Crippen LogP contribution in [0.25, 0.3) is 0 Å². The number of hydrogen-bond donors (Lipinski definition) is 3. The fourth-order valence-electron chi connectivity index (χ4n) is 1.87. The second-order valence-electron chi connectivity index (χ2n) is 6.64. The van der Waals surface area contributed by atoms with Gasteiger partial charge in [0.05, 0.1) is 19.3 Å². The molecule has 4 N–H and O–H groups in total. The Morgan fingerprint density at radius 3 is 2.46 bits per heavy atom. The molecule has 26 heavy (non-hydrogen) atoms. The van der Waals surface area contributed by atoms with Crippen molar-refractivity contribution in [2.45, 2.75) is 39.0 Å². The second-order valence-corrected chi connectivity index (χ2v) is 6.64. The van der Waals surface area contributed by atoms with Crippen LogP contribution in [0.4, 0.5) is 9.59 Å². The molecule has 0 spiro atoms. The van der Waals surface area contributed by atoms with Gasteiger partial charge in [0.2, 0.25) is 0 Å². The third kappa shape index (κ3) is 10.5. The summed E-state index contributed by atoms with van der Waals surface area (Å²) in [5.74, 6) is 0. The molecular weight excluding hydrogens is 338 g/mol. The van der Waals surface area contributed by atoms with Crippen molar-refractivity contribution < 1.29 is 23.8 Å². The van der Waals surface area contributed by atoms with E-state index in [0.717, 1.165) is 5.56 Å². The van der Waals surface area contributed by atoms with Crippen molar-refractivity contribution in [2.24, 2.45) is 5.73 Å². The predicted octanol–water partition coefficient (Wildman–Crippen LogP) is 1.78. The highest BCUT2D eigenvalue weighted by atomic mass is 16.6. The van der Waals surface area contributed by atoms with Crippen LogP contribution in [0.15, 0.2) is 30.3 Å². The summed E-state index contributed by atoms with van der Waals surface area (Å²) in [7, 11) is 0. The minimum Gasteiger partial charge on any atom is -0.445 e. The van der Waals surface area contributed by atoms with E-state index in [1.807, 2.05) is 30.3 Å². The molecule has 0 aliphatic carbocycles. The lowest BCUT2D eigenvalue weighted by Gasteiger charge is -2.20. The summed E-state index contributed by atoms with van der Waals surface area (Å²) in [6.45, 7) is 6.55. The fraction of sp³-hybridized carbons (Fsp3) is 0.556. The molecule has 0 aromatic heterocycles. The van der Waals surface area contributed by atoms with E-state index in [4.69, 9.17) is 19.9 Å². The van der Waals surface area contributed by atoms with Gasteiger partial charge in [-0.25, -0.2) is 9.59 Å². The summed E-state index contributed by atoms with van der Waals surface area (Å²) in [5, 5.41) is 5.23. The molecular formula is C18H29N3O5. The van der Waals surface area contributed by atoms with Crippen LogP contribution in [-0.4, -0.2) is 50.1 Å². The summed E-state index contributed by atoms with van der Waals surface area (Å²) < 4.78 is 15.6. The highest BCUT2D eigenvalue weighted by Crippen LogP contribution is 2.06. The van der Waals surface area contributed by atoms with Crippen molar-refractivity contribution in [3.8, 4) is 0 Å². The summed E-state index contributed by atoms with van der Waals surface area (Å²) in [6.07, 6.45) is -1.06. The zero-order valence-corrected chi connectivity index (χ0v) is 15.6. The molecule has 2 amide bonds. The molecule has 8 heteroatoms. The topological polar surface area (TPSA) is 112 Å². The van der Waals surface area contributed by atoms with Crippen LogP contribution in [0.3, 0.4) is 0 Å². The third-order valence-corrected chi connectivity index (χ3v) is 3.05. The van der Waals surface area contributed by atoms with E-state index in [2.05, 4.69) is 10.6 Å². The van der Waals surface area contributed by atoms with Crippen molar-refractivity contribution >= 4 is 12.2 Å². The maximum absolute atomic E-state index is 11.8. The molecule has 8 nitrogen and oxygen atoms in total. The van der Waals surface area contributed by atoms with Crippen LogP contribution in [-0.2, 0) is 20.8 Å². The Morgan fingerprint density at radius 1 is 1.15 bits per heavy atom. The number of amides is 2. The fourth-order valence-corrected chi connectivity index (χ4v) is 1.87. The van der Waals surface area contributed by atoms with Gasteiger partial charge >= 0.3 is 12.2 Å². The lowest BCUT2D eigenvalue weighted by Crippen LogP contribution is -2.44. The highest BCUT2D eigenvalue weighted by molar-refractivity contribution is 5.68. The minimum absolute atomic E-state index is 0.185. The van der Waals surface area contributed by atoms with Gasteiger partial charge in [0.25, 0.3) is 0 Å². The number of benzene rings is 1. The first-order valence-corrected chi connectivity index (χ1v) is 8.52. The van der Waals surface area contributed by atoms with Gasteiger partial charge in [-0.05, 0) is 26.3 Å². The van der Waals surface area contributed by atoms with E-state index in [1.54, 1.807) is 20.8 Å². The van der Waals surface area contributed by atoms with Crippen LogP contribution in [0.5, 0.6) is 0 Å². The smallest absolute Gasteiger partial charge is 0.407 e. The van der Waals surface area contributed by atoms with Gasteiger partial charge in [0, 0.05) is 13.1 Å². The van der Waals surface area contributed by atoms with Crippen LogP contribution in [0.2, 0.25) is 0 Å². The van der Waals surface area contributed by atoms with Gasteiger partial charge in [-0.2, -0.15) is 0 Å². The molecule has 0 fully saturated rings. The Morgan fingerprint density at radius 2 is 1.85 bits per heavy atom. The number of carbonyl (C=O) groups is 2. The number of nitrogens with two attached hydrogens (primary N) is 1. The van der Waals surface area contributed by atoms with Crippen molar-refractivity contribution in [1.29, 1.82) is 0 Å². The summed E-state index contributed by atoms with van der Waals surface area (Å²) in [6, 6.07) is 9.00. The van der Waals surface area contributed by atoms with Crippen LogP contribution < -0.4 is 16.4 Å². The van der Waals surface area contributed by atoms with E-state index in [1.165, 1.54) is 0 Å². The SMILES string of the molecule is CC(C)(C)OC(=O)NCCOC[C@@H](CN)NC(=O)OCc1ccccc1. The molecule has 0 aliphatic heterocycles. The zero-order chi connectivity index (χ0) is 19.4. The number of ether oxygens (including phenoxy) is 3. The first kappa shape index (κ1) is 21.7. The molecule has 1 atom stereocenters. The largest absolute Gasteiger partial charge is 0.445 e. The standard InChI is InChI=1S/C18H29N3O5/c1-18(2,3)26-16(22)20-9-10-24-13-15(11-19)21-17(23)25-12-14-7-5-4-6-8-14/h4-8,15H,9-13,19H2,1-3H3,(H,20,22)(H,21,23)/t15-/m1/s1. The molecule has 0 aliphatic rings. The van der Waals surface area contributed by atoms with Gasteiger partial charge in [-0.1, -0.05) is 30.3 Å². The quantitative estimate of drug-likeness (QED) is 0.574. The van der Waals surface area contributed by atoms with E-state index < -0.39 is 17.8 Å². The van der Waals surface area contributed by atoms with E-state index in [0.29, 0.717) is 6.54 Å². The van der Waals surface area contributed by atoms with Crippen LogP contribution >= 0.6 is 0 Å². The summed E-state index contributed by atoms with van der Waals surface area (Å²) in [5.41, 5.74) is 5.98. The molecule has 0 saturated heterocycles. The van der Waals surface area contributed by atoms with E-state index in [9.17, 15) is 9.59 Å². The molecule has 1 aromatic carbocycles. The minimum atomic E-state index is -0.556. The molecule has 1 rings (SSSR count). The maximum atomic E-state index is 11.8. The van der Waals surface area contributed by atoms with Gasteiger partial charge in [-0.15, -0.1) is 0 Å². The first-order chi connectivity index (χ1) is 12.3. The average molecular weight is 367 g/mol. The van der Waals surface area contributed by atoms with Crippen LogP contribution in [0, 0.1) is 0 Å². The summed E-state index contributed by atoms with van der Waals surface area (Å²) in [4.78, 5) is 23.2. The predicted molar refractivity (Wildman–Crippen MR) is 97.7 cm³/mol. The maximum Gasteiger partial charge on any atom is 0.407 e. The molecule has 0 saturated carbocycles. The number of rotatable bonds is 9. The third-order valence-electron chi connectivity index (χ3n) is 3.05. The van der Waals surface area contributed by atoms with Crippen molar-refractivity contribution in [3.63, 3.8) is 0 Å². The molecule has 1 aromatic rings. The molecule has 0 heterocycles. The first-order valence-electron chi connectivity index (χ1n) is 8.52. The number of hydrogen-bond acceptors (Lipinski definition) is 6. The number of carbonyl (C=O) groups excluding carboxylic acids is 2. The summed E-state index contributed by atoms with van der Waals surface area (Å²) >= 11 is 0. The Balaban J connectivity index is 2.16. The Bertz CT molecular complexity index is 546. The molecule has 0 unspecified atom stereocenters. The second kappa shape index (κ2) is 11.3. The van der Waals surface area contributed by atoms with Crippen molar-refractivity contribution in [3.05, 3.63) is 35.9 Å². The lowest BCUT2D eigenvalue weighted by molar-refractivity contribution is 0.0492. The monoisotopic (exact) mass is 367 g/mol. The van der Waals surface area contributed by atoms with E-state index in [-0.39, 0.29) is 32.4 Å². The van der Waals surface area contributed by atoms with Gasteiger partial charge in [0.1, 0.15) is 12.2 Å². The molecule has 0 radical (unpaired) electrons. The van der Waals surface area contributed by atoms with Gasteiger partial charge in [0.15, 0.2) is 0 Å². The normalized spacial score (nSPS) is 12.2. The lowest BCUT2D eigenvalue weighted by atomic mass is 10.2. The number of alkyl carbamates (subject to hydrolysis) is 2. The van der Waals surface area contributed by atoms with Gasteiger partial charge in [-0.3, -0.25) is 0 Å². The van der Waals surface area contributed by atoms with Crippen molar-refractivity contribution in [2.75, 3.05) is 26.3 Å². The Hall–Kier alpha value is -2.32. The van der Waals surface area contributed by atoms with Gasteiger partial charge < -0.3 is 30.6 Å². The molecule has 146 valence electrons. The highest BCUT2D eigenvalue weighted by Gasteiger charge is 2.16. The van der Waals surface area contributed by atoms with Crippen LogP contribution in [0.1, 0.15) is 26.3 Å². The molecule has 0 bridgehead atoms. The number of nitrogens with one attached hydrogen (secondary N) is 2.